The first kappa shape index (κ1) is 20.7. The summed E-state index contributed by atoms with van der Waals surface area (Å²) in [6.07, 6.45) is 4.39. The number of aliphatic imine (C=N–C) groups is 1. The second-order valence-corrected chi connectivity index (χ2v) is 6.80. The molecule has 1 atom stereocenters. The minimum absolute atomic E-state index is 0.0399. The highest BCUT2D eigenvalue weighted by molar-refractivity contribution is 6.30. The molecule has 0 fully saturated rings. The summed E-state index contributed by atoms with van der Waals surface area (Å²) in [7, 11) is 0. The lowest BCUT2D eigenvalue weighted by atomic mass is 9.97. The van der Waals surface area contributed by atoms with Gasteiger partial charge in [-0.2, -0.15) is 0 Å². The minimum Gasteiger partial charge on any atom is -0.344 e. The van der Waals surface area contributed by atoms with E-state index in [2.05, 4.69) is 16.9 Å². The third kappa shape index (κ3) is 5.93. The Morgan fingerprint density at radius 1 is 1.15 bits per heavy atom. The normalized spacial score (nSPS) is 13.2. The number of nitrogens with zero attached hydrogens (tertiary/aromatic N) is 1. The molecule has 4 heteroatoms. The summed E-state index contributed by atoms with van der Waals surface area (Å²) in [6.45, 7) is 9.63. The number of nitrogens with one attached hydrogen (secondary N) is 1. The molecule has 0 aliphatic heterocycles. The number of anilines is 1. The van der Waals surface area contributed by atoms with Crippen LogP contribution in [0.3, 0.4) is 0 Å². The molecule has 0 aliphatic carbocycles. The number of carbonyl (C=O) groups excluding carboxylic acids is 1. The van der Waals surface area contributed by atoms with Crippen LogP contribution in [0.15, 0.2) is 72.3 Å². The largest absolute Gasteiger partial charge is 0.344 e. The van der Waals surface area contributed by atoms with Crippen molar-refractivity contribution in [2.24, 2.45) is 10.9 Å². The number of allylic oxidation sites excluding steroid dienone is 2. The molecule has 1 N–H and O–H groups in total. The minimum atomic E-state index is 0.0399. The standard InChI is InChI=1S/C23H25ClN2O/c1-5-7-22(18-8-12-20(24)13-9-18)26-17(4)25-21-14-10-19(11-15-21)23(27)16(3)6-2/h5,7-16H,1,6H2,2-4H3,(H,25,26)/b22-7-. The molecule has 0 amide bonds. The van der Waals surface area contributed by atoms with Gasteiger partial charge in [0.15, 0.2) is 5.78 Å². The number of ketones is 1. The van der Waals surface area contributed by atoms with Gasteiger partial charge < -0.3 is 5.32 Å². The van der Waals surface area contributed by atoms with Gasteiger partial charge in [0, 0.05) is 27.8 Å². The summed E-state index contributed by atoms with van der Waals surface area (Å²) >= 11 is 5.96. The van der Waals surface area contributed by atoms with Crippen LogP contribution < -0.4 is 5.32 Å². The van der Waals surface area contributed by atoms with E-state index in [1.165, 1.54) is 0 Å². The van der Waals surface area contributed by atoms with Crippen molar-refractivity contribution >= 4 is 34.6 Å². The van der Waals surface area contributed by atoms with Crippen LogP contribution in [0.2, 0.25) is 5.02 Å². The Labute approximate surface area is 166 Å². The Balaban J connectivity index is 2.15. The number of carbonyl (C=O) groups is 1. The van der Waals surface area contributed by atoms with E-state index >= 15 is 0 Å². The van der Waals surface area contributed by atoms with Gasteiger partial charge >= 0.3 is 0 Å². The second-order valence-electron chi connectivity index (χ2n) is 6.37. The number of rotatable bonds is 7. The highest BCUT2D eigenvalue weighted by atomic mass is 35.5. The number of hydrogen-bond donors (Lipinski definition) is 1. The zero-order valence-corrected chi connectivity index (χ0v) is 16.8. The zero-order valence-electron chi connectivity index (χ0n) is 16.0. The van der Waals surface area contributed by atoms with Gasteiger partial charge in [-0.3, -0.25) is 4.79 Å². The van der Waals surface area contributed by atoms with E-state index in [0.717, 1.165) is 34.8 Å². The van der Waals surface area contributed by atoms with Gasteiger partial charge in [0.1, 0.15) is 5.84 Å². The topological polar surface area (TPSA) is 41.5 Å². The molecule has 0 saturated carbocycles. The lowest BCUT2D eigenvalue weighted by molar-refractivity contribution is 0.0927. The first-order chi connectivity index (χ1) is 12.9. The van der Waals surface area contributed by atoms with Gasteiger partial charge in [-0.25, -0.2) is 4.99 Å². The molecule has 0 aliphatic rings. The van der Waals surface area contributed by atoms with Crippen LogP contribution in [-0.2, 0) is 0 Å². The number of amidine groups is 1. The Hall–Kier alpha value is -2.65. The van der Waals surface area contributed by atoms with Crippen molar-refractivity contribution in [1.82, 2.24) is 0 Å². The maximum atomic E-state index is 12.2. The molecule has 2 rings (SSSR count). The monoisotopic (exact) mass is 380 g/mol. The number of halogens is 1. The average Bonchev–Trinajstić information content (AvgIpc) is 2.67. The molecular weight excluding hydrogens is 356 g/mol. The second kappa shape index (κ2) is 9.89. The summed E-state index contributed by atoms with van der Waals surface area (Å²) in [4.78, 5) is 16.9. The third-order valence-corrected chi connectivity index (χ3v) is 4.51. The van der Waals surface area contributed by atoms with Crippen molar-refractivity contribution in [1.29, 1.82) is 0 Å². The van der Waals surface area contributed by atoms with Crippen molar-refractivity contribution in [3.8, 4) is 0 Å². The molecule has 0 saturated heterocycles. The SMILES string of the molecule is C=C/C=C(\N=C(C)Nc1ccc(C(=O)C(C)CC)cc1)c1ccc(Cl)cc1. The average molecular weight is 381 g/mol. The highest BCUT2D eigenvalue weighted by Gasteiger charge is 2.12. The van der Waals surface area contributed by atoms with E-state index in [-0.39, 0.29) is 11.7 Å². The molecule has 0 radical (unpaired) electrons. The maximum Gasteiger partial charge on any atom is 0.165 e. The van der Waals surface area contributed by atoms with Gasteiger partial charge in [-0.1, -0.05) is 50.2 Å². The summed E-state index contributed by atoms with van der Waals surface area (Å²) in [5.74, 6) is 0.950. The molecule has 27 heavy (non-hydrogen) atoms. The fourth-order valence-electron chi connectivity index (χ4n) is 2.54. The van der Waals surface area contributed by atoms with E-state index in [1.54, 1.807) is 6.08 Å². The summed E-state index contributed by atoms with van der Waals surface area (Å²) < 4.78 is 0. The van der Waals surface area contributed by atoms with Crippen LogP contribution in [0.5, 0.6) is 0 Å². The van der Waals surface area contributed by atoms with Crippen molar-refractivity contribution < 1.29 is 4.79 Å². The molecule has 3 nitrogen and oxygen atoms in total. The number of benzene rings is 2. The van der Waals surface area contributed by atoms with Gasteiger partial charge in [0.05, 0.1) is 5.70 Å². The summed E-state index contributed by atoms with van der Waals surface area (Å²) in [5, 5.41) is 3.94. The molecule has 2 aromatic rings. The highest BCUT2D eigenvalue weighted by Crippen LogP contribution is 2.20. The Morgan fingerprint density at radius 2 is 1.74 bits per heavy atom. The van der Waals surface area contributed by atoms with Crippen LogP contribution in [0, 0.1) is 5.92 Å². The molecule has 0 bridgehead atoms. The fourth-order valence-corrected chi connectivity index (χ4v) is 2.66. The van der Waals surface area contributed by atoms with Crippen LogP contribution in [-0.4, -0.2) is 11.6 Å². The summed E-state index contributed by atoms with van der Waals surface area (Å²) in [5.41, 5.74) is 3.36. The lowest BCUT2D eigenvalue weighted by Gasteiger charge is -2.10. The van der Waals surface area contributed by atoms with Crippen LogP contribution >= 0.6 is 11.6 Å². The Kier molecular flexibility index (Phi) is 7.56. The van der Waals surface area contributed by atoms with Gasteiger partial charge in [0.25, 0.3) is 0 Å². The van der Waals surface area contributed by atoms with E-state index < -0.39 is 0 Å². The molecule has 1 unspecified atom stereocenters. The van der Waals surface area contributed by atoms with E-state index in [1.807, 2.05) is 75.4 Å². The lowest BCUT2D eigenvalue weighted by Crippen LogP contribution is -2.11. The molecule has 0 spiro atoms. The quantitative estimate of drug-likeness (QED) is 0.253. The van der Waals surface area contributed by atoms with E-state index in [9.17, 15) is 4.79 Å². The van der Waals surface area contributed by atoms with E-state index in [0.29, 0.717) is 5.02 Å². The zero-order chi connectivity index (χ0) is 19.8. The first-order valence-electron chi connectivity index (χ1n) is 8.99. The van der Waals surface area contributed by atoms with Crippen LogP contribution in [0.4, 0.5) is 5.69 Å². The summed E-state index contributed by atoms with van der Waals surface area (Å²) in [6, 6.07) is 15.0. The van der Waals surface area contributed by atoms with Crippen molar-refractivity contribution in [2.45, 2.75) is 27.2 Å². The smallest absolute Gasteiger partial charge is 0.165 e. The van der Waals surface area contributed by atoms with Gasteiger partial charge in [0.2, 0.25) is 0 Å². The molecule has 140 valence electrons. The van der Waals surface area contributed by atoms with Gasteiger partial charge in [-0.15, -0.1) is 0 Å². The number of Topliss-reactive ketones (excluding diaryl/α,β-unsaturated/α-hetero) is 1. The first-order valence-corrected chi connectivity index (χ1v) is 9.37. The Bertz CT molecular complexity index is 849. The van der Waals surface area contributed by atoms with Crippen molar-refractivity contribution in [3.63, 3.8) is 0 Å². The van der Waals surface area contributed by atoms with Crippen LogP contribution in [0.25, 0.3) is 5.70 Å². The van der Waals surface area contributed by atoms with Crippen molar-refractivity contribution in [2.75, 3.05) is 5.32 Å². The molecule has 2 aromatic carbocycles. The predicted molar refractivity (Wildman–Crippen MR) is 117 cm³/mol. The predicted octanol–water partition coefficient (Wildman–Crippen LogP) is 6.63. The third-order valence-electron chi connectivity index (χ3n) is 4.26. The molecule has 0 heterocycles. The van der Waals surface area contributed by atoms with E-state index in [4.69, 9.17) is 11.6 Å². The van der Waals surface area contributed by atoms with Crippen molar-refractivity contribution in [3.05, 3.63) is 83.4 Å². The van der Waals surface area contributed by atoms with Crippen LogP contribution in [0.1, 0.15) is 43.1 Å². The maximum absolute atomic E-state index is 12.2. The number of hydrogen-bond acceptors (Lipinski definition) is 2. The van der Waals surface area contributed by atoms with Gasteiger partial charge in [-0.05, 0) is 55.8 Å². The molecule has 0 aromatic heterocycles. The molecular formula is C23H25ClN2O. The fraction of sp³-hybridized carbons (Fsp3) is 0.217. The Morgan fingerprint density at radius 3 is 2.30 bits per heavy atom.